The molecule has 30 heavy (non-hydrogen) atoms. The molecular formula is C21H27N3O5S. The van der Waals surface area contributed by atoms with Crippen molar-refractivity contribution >= 4 is 21.9 Å². The summed E-state index contributed by atoms with van der Waals surface area (Å²) in [5, 5.41) is 0. The summed E-state index contributed by atoms with van der Waals surface area (Å²) in [5.74, 6) is -0.744. The Morgan fingerprint density at radius 2 is 1.67 bits per heavy atom. The monoisotopic (exact) mass is 433 g/mol. The number of esters is 1. The van der Waals surface area contributed by atoms with Gasteiger partial charge in [0.2, 0.25) is 10.0 Å². The fourth-order valence-electron chi connectivity index (χ4n) is 3.73. The molecule has 1 aliphatic heterocycles. The van der Waals surface area contributed by atoms with E-state index in [1.165, 1.54) is 11.4 Å². The Morgan fingerprint density at radius 3 is 2.30 bits per heavy atom. The van der Waals surface area contributed by atoms with Crippen LogP contribution in [0, 0.1) is 20.8 Å². The molecule has 1 saturated heterocycles. The van der Waals surface area contributed by atoms with Gasteiger partial charge in [0, 0.05) is 31.9 Å². The Balaban J connectivity index is 1.78. The summed E-state index contributed by atoms with van der Waals surface area (Å²) in [6, 6.07) is 6.77. The Bertz CT molecular complexity index is 1060. The number of methoxy groups -OCH3 is 1. The summed E-state index contributed by atoms with van der Waals surface area (Å²) in [6.45, 7) is 6.59. The number of aryl methyl sites for hydroxylation is 2. The zero-order chi connectivity index (χ0) is 22.1. The van der Waals surface area contributed by atoms with Crippen LogP contribution in [-0.2, 0) is 14.8 Å². The number of sulfonamides is 1. The molecule has 1 amide bonds. The highest BCUT2D eigenvalue weighted by molar-refractivity contribution is 7.89. The Hall–Kier alpha value is -2.65. The molecule has 9 heteroatoms. The van der Waals surface area contributed by atoms with Crippen LogP contribution >= 0.6 is 0 Å². The second-order valence-corrected chi connectivity index (χ2v) is 9.42. The predicted molar refractivity (Wildman–Crippen MR) is 112 cm³/mol. The Morgan fingerprint density at radius 1 is 1.00 bits per heavy atom. The van der Waals surface area contributed by atoms with E-state index in [1.807, 2.05) is 6.92 Å². The molecule has 0 spiro atoms. The van der Waals surface area contributed by atoms with Gasteiger partial charge in [-0.25, -0.2) is 13.2 Å². The lowest BCUT2D eigenvalue weighted by Gasteiger charge is -2.22. The zero-order valence-corrected chi connectivity index (χ0v) is 18.5. The van der Waals surface area contributed by atoms with Gasteiger partial charge in [-0.3, -0.25) is 4.79 Å². The highest BCUT2D eigenvalue weighted by atomic mass is 32.2. The molecule has 0 radical (unpaired) electrons. The van der Waals surface area contributed by atoms with Crippen LogP contribution in [0.1, 0.15) is 44.1 Å². The highest BCUT2D eigenvalue weighted by Gasteiger charge is 2.30. The largest absolute Gasteiger partial charge is 0.465 e. The minimum absolute atomic E-state index is 0.213. The van der Waals surface area contributed by atoms with Gasteiger partial charge in [0.05, 0.1) is 17.6 Å². The maximum absolute atomic E-state index is 13.1. The quantitative estimate of drug-likeness (QED) is 0.746. The van der Waals surface area contributed by atoms with Gasteiger partial charge in [0.1, 0.15) is 5.69 Å². The lowest BCUT2D eigenvalue weighted by atomic mass is 10.1. The number of rotatable bonds is 4. The van der Waals surface area contributed by atoms with Gasteiger partial charge in [0.15, 0.2) is 0 Å². The molecule has 8 nitrogen and oxygen atoms in total. The number of aromatic amines is 1. The van der Waals surface area contributed by atoms with E-state index in [9.17, 15) is 18.0 Å². The van der Waals surface area contributed by atoms with E-state index in [1.54, 1.807) is 43.0 Å². The van der Waals surface area contributed by atoms with Gasteiger partial charge < -0.3 is 14.6 Å². The maximum Gasteiger partial charge on any atom is 0.339 e. The third-order valence-corrected chi connectivity index (χ3v) is 7.35. The molecule has 2 heterocycles. The van der Waals surface area contributed by atoms with Crippen molar-refractivity contribution in [3.05, 3.63) is 52.3 Å². The van der Waals surface area contributed by atoms with Crippen LogP contribution in [0.3, 0.4) is 0 Å². The van der Waals surface area contributed by atoms with Gasteiger partial charge in [0.25, 0.3) is 5.91 Å². The van der Waals surface area contributed by atoms with Crippen molar-refractivity contribution in [2.45, 2.75) is 32.1 Å². The molecular weight excluding hydrogens is 406 g/mol. The van der Waals surface area contributed by atoms with Gasteiger partial charge >= 0.3 is 5.97 Å². The topological polar surface area (TPSA) is 99.8 Å². The van der Waals surface area contributed by atoms with Crippen molar-refractivity contribution < 1.29 is 22.7 Å². The van der Waals surface area contributed by atoms with E-state index >= 15 is 0 Å². The number of aromatic nitrogens is 1. The highest BCUT2D eigenvalue weighted by Crippen LogP contribution is 2.22. The molecule has 162 valence electrons. The number of nitrogens with zero attached hydrogens (tertiary/aromatic N) is 2. The smallest absolute Gasteiger partial charge is 0.339 e. The van der Waals surface area contributed by atoms with Crippen molar-refractivity contribution in [2.24, 2.45) is 0 Å². The van der Waals surface area contributed by atoms with E-state index < -0.39 is 16.0 Å². The Labute approximate surface area is 176 Å². The maximum atomic E-state index is 13.1. The molecule has 3 rings (SSSR count). The molecule has 0 unspecified atom stereocenters. The molecule has 1 aliphatic rings. The normalized spacial score (nSPS) is 15.7. The molecule has 1 aromatic heterocycles. The summed E-state index contributed by atoms with van der Waals surface area (Å²) in [4.78, 5) is 30.0. The first-order chi connectivity index (χ1) is 14.2. The Kier molecular flexibility index (Phi) is 6.33. The van der Waals surface area contributed by atoms with Crippen molar-refractivity contribution in [1.82, 2.24) is 14.2 Å². The second kappa shape index (κ2) is 8.61. The first kappa shape index (κ1) is 22.0. The van der Waals surface area contributed by atoms with Gasteiger partial charge in [-0.2, -0.15) is 4.31 Å². The van der Waals surface area contributed by atoms with E-state index in [0.29, 0.717) is 42.0 Å². The van der Waals surface area contributed by atoms with Crippen molar-refractivity contribution in [1.29, 1.82) is 0 Å². The predicted octanol–water partition coefficient (Wildman–Crippen LogP) is 2.26. The zero-order valence-electron chi connectivity index (χ0n) is 17.7. The van der Waals surface area contributed by atoms with Crippen LogP contribution in [-0.4, -0.2) is 67.8 Å². The summed E-state index contributed by atoms with van der Waals surface area (Å²) >= 11 is 0. The summed E-state index contributed by atoms with van der Waals surface area (Å²) in [7, 11) is -2.32. The van der Waals surface area contributed by atoms with Crippen LogP contribution < -0.4 is 0 Å². The standard InChI is InChI=1S/C21H27N3O5S/c1-14-6-8-17(9-7-14)30(27,28)24-11-5-10-23(12-13-24)20(25)19-15(2)18(16(3)22-19)21(26)29-4/h6-9,22H,5,10-13H2,1-4H3. The number of hydrogen-bond donors (Lipinski definition) is 1. The fraction of sp³-hybridized carbons (Fsp3) is 0.429. The molecule has 0 atom stereocenters. The third kappa shape index (κ3) is 4.13. The van der Waals surface area contributed by atoms with E-state index in [2.05, 4.69) is 4.98 Å². The molecule has 1 fully saturated rings. The number of hydrogen-bond acceptors (Lipinski definition) is 5. The van der Waals surface area contributed by atoms with Crippen LogP contribution in [0.25, 0.3) is 0 Å². The van der Waals surface area contributed by atoms with E-state index in [4.69, 9.17) is 4.74 Å². The number of ether oxygens (including phenoxy) is 1. The molecule has 1 N–H and O–H groups in total. The average Bonchev–Trinajstić information content (AvgIpc) is 2.89. The minimum atomic E-state index is -3.61. The number of benzene rings is 1. The fourth-order valence-corrected chi connectivity index (χ4v) is 5.20. The molecule has 0 saturated carbocycles. The van der Waals surface area contributed by atoms with Crippen molar-refractivity contribution in [3.63, 3.8) is 0 Å². The van der Waals surface area contributed by atoms with E-state index in [0.717, 1.165) is 5.56 Å². The van der Waals surface area contributed by atoms with Crippen LogP contribution in [0.15, 0.2) is 29.2 Å². The lowest BCUT2D eigenvalue weighted by molar-refractivity contribution is 0.0599. The molecule has 2 aromatic rings. The molecule has 1 aromatic carbocycles. The number of carbonyl (C=O) groups excluding carboxylic acids is 2. The van der Waals surface area contributed by atoms with Crippen LogP contribution in [0.4, 0.5) is 0 Å². The SMILES string of the molecule is COC(=O)c1c(C)[nH]c(C(=O)N2CCCN(S(=O)(=O)c3ccc(C)cc3)CC2)c1C. The first-order valence-corrected chi connectivity index (χ1v) is 11.2. The number of nitrogens with one attached hydrogen (secondary N) is 1. The molecule has 0 aliphatic carbocycles. The van der Waals surface area contributed by atoms with Crippen LogP contribution in [0.2, 0.25) is 0 Å². The van der Waals surface area contributed by atoms with Crippen molar-refractivity contribution in [3.8, 4) is 0 Å². The molecule has 0 bridgehead atoms. The van der Waals surface area contributed by atoms with Gasteiger partial charge in [-0.05, 0) is 44.9 Å². The average molecular weight is 434 g/mol. The summed E-state index contributed by atoms with van der Waals surface area (Å²) in [6.07, 6.45) is 0.527. The third-order valence-electron chi connectivity index (χ3n) is 5.44. The number of amides is 1. The summed E-state index contributed by atoms with van der Waals surface area (Å²) in [5.41, 5.74) is 2.80. The van der Waals surface area contributed by atoms with Gasteiger partial charge in [-0.15, -0.1) is 0 Å². The minimum Gasteiger partial charge on any atom is -0.465 e. The first-order valence-electron chi connectivity index (χ1n) is 9.80. The van der Waals surface area contributed by atoms with Crippen LogP contribution in [0.5, 0.6) is 0 Å². The summed E-state index contributed by atoms with van der Waals surface area (Å²) < 4.78 is 32.2. The number of H-pyrrole nitrogens is 1. The second-order valence-electron chi connectivity index (χ2n) is 7.48. The lowest BCUT2D eigenvalue weighted by Crippen LogP contribution is -2.37. The van der Waals surface area contributed by atoms with E-state index in [-0.39, 0.29) is 23.9 Å². The van der Waals surface area contributed by atoms with Crippen molar-refractivity contribution in [2.75, 3.05) is 33.3 Å². The number of carbonyl (C=O) groups is 2. The van der Waals surface area contributed by atoms with Gasteiger partial charge in [-0.1, -0.05) is 17.7 Å².